The average Bonchev–Trinajstić information content (AvgIpc) is 3.44. The molecule has 35 heavy (non-hydrogen) atoms. The number of aryl methyl sites for hydroxylation is 1. The number of nitro groups is 1. The molecular weight excluding hydrogens is 488 g/mol. The zero-order valence-electron chi connectivity index (χ0n) is 19.4. The summed E-state index contributed by atoms with van der Waals surface area (Å²) in [5, 5.41) is 23.2. The van der Waals surface area contributed by atoms with Gasteiger partial charge in [0.15, 0.2) is 0 Å². The van der Waals surface area contributed by atoms with E-state index in [0.717, 1.165) is 29.5 Å². The summed E-state index contributed by atoms with van der Waals surface area (Å²) >= 11 is 6.41. The zero-order chi connectivity index (χ0) is 24.8. The maximum atomic E-state index is 10.8. The number of halogens is 1. The van der Waals surface area contributed by atoms with Crippen LogP contribution in [0.5, 0.6) is 0 Å². The SMILES string of the molecule is C[SiH2]CCOCn1cc(-c2nc(Nc3cnn(Cc4ccc([N+](=O)[O-])cc4)c3)ncc2Cl)c(C)n1. The van der Waals surface area contributed by atoms with Gasteiger partial charge in [-0.2, -0.15) is 10.2 Å². The van der Waals surface area contributed by atoms with Gasteiger partial charge in [0.25, 0.3) is 5.69 Å². The second-order valence-electron chi connectivity index (χ2n) is 7.92. The maximum absolute atomic E-state index is 10.8. The van der Waals surface area contributed by atoms with Crippen LogP contribution in [-0.4, -0.2) is 50.6 Å². The predicted octanol–water partition coefficient (Wildman–Crippen LogP) is 3.81. The third-order valence-corrected chi connectivity index (χ3v) is 6.46. The molecule has 0 radical (unpaired) electrons. The topological polar surface area (TPSA) is 126 Å². The molecule has 0 bridgehead atoms. The monoisotopic (exact) mass is 512 g/mol. The Balaban J connectivity index is 1.45. The number of hydrogen-bond donors (Lipinski definition) is 1. The first-order valence-electron chi connectivity index (χ1n) is 11.1. The Morgan fingerprint density at radius 2 is 2.00 bits per heavy atom. The fraction of sp³-hybridized carbons (Fsp3) is 0.273. The Bertz CT molecular complexity index is 1310. The Morgan fingerprint density at radius 1 is 1.20 bits per heavy atom. The second kappa shape index (κ2) is 11.2. The number of anilines is 2. The van der Waals surface area contributed by atoms with Crippen molar-refractivity contribution in [2.75, 3.05) is 11.9 Å². The number of hydrogen-bond acceptors (Lipinski definition) is 8. The largest absolute Gasteiger partial charge is 0.360 e. The Morgan fingerprint density at radius 3 is 2.74 bits per heavy atom. The fourth-order valence-corrected chi connectivity index (χ4v) is 4.08. The highest BCUT2D eigenvalue weighted by Gasteiger charge is 2.15. The van der Waals surface area contributed by atoms with Crippen LogP contribution < -0.4 is 5.32 Å². The van der Waals surface area contributed by atoms with Crippen LogP contribution in [0.1, 0.15) is 11.3 Å². The second-order valence-corrected chi connectivity index (χ2v) is 10.0. The minimum absolute atomic E-state index is 0.00818. The number of non-ortho nitro benzene ring substituents is 1. The smallest absolute Gasteiger partial charge is 0.269 e. The molecule has 0 aliphatic heterocycles. The quantitative estimate of drug-likeness (QED) is 0.139. The molecule has 182 valence electrons. The van der Waals surface area contributed by atoms with Gasteiger partial charge in [-0.25, -0.2) is 14.6 Å². The predicted molar refractivity (Wildman–Crippen MR) is 136 cm³/mol. The summed E-state index contributed by atoms with van der Waals surface area (Å²) in [7, 11) is -0.00818. The molecule has 4 aromatic rings. The van der Waals surface area contributed by atoms with Gasteiger partial charge in [-0.15, -0.1) is 0 Å². The molecule has 0 spiro atoms. The van der Waals surface area contributed by atoms with Gasteiger partial charge in [0.1, 0.15) is 6.73 Å². The molecule has 1 aromatic carbocycles. The molecule has 0 atom stereocenters. The molecule has 0 unspecified atom stereocenters. The van der Waals surface area contributed by atoms with E-state index in [-0.39, 0.29) is 15.2 Å². The summed E-state index contributed by atoms with van der Waals surface area (Å²) in [6.45, 7) is 5.76. The van der Waals surface area contributed by atoms with Crippen molar-refractivity contribution in [2.24, 2.45) is 0 Å². The highest BCUT2D eigenvalue weighted by atomic mass is 35.5. The number of ether oxygens (including phenoxy) is 1. The third kappa shape index (κ3) is 6.29. The number of nitro benzene ring substituents is 1. The van der Waals surface area contributed by atoms with Crippen molar-refractivity contribution in [2.45, 2.75) is 32.8 Å². The van der Waals surface area contributed by atoms with Crippen molar-refractivity contribution < 1.29 is 9.66 Å². The third-order valence-electron chi connectivity index (χ3n) is 5.19. The minimum atomic E-state index is -0.421. The zero-order valence-corrected chi connectivity index (χ0v) is 21.6. The van der Waals surface area contributed by atoms with E-state index in [1.165, 1.54) is 12.1 Å². The molecule has 0 aliphatic carbocycles. The average molecular weight is 513 g/mol. The molecule has 13 heteroatoms. The maximum Gasteiger partial charge on any atom is 0.269 e. The van der Waals surface area contributed by atoms with Crippen molar-refractivity contribution in [3.63, 3.8) is 0 Å². The fourth-order valence-electron chi connectivity index (χ4n) is 3.39. The Labute approximate surface area is 209 Å². The van der Waals surface area contributed by atoms with E-state index in [9.17, 15) is 10.1 Å². The molecular formula is C22H25ClN8O3Si. The van der Waals surface area contributed by atoms with Gasteiger partial charge in [-0.1, -0.05) is 30.3 Å². The summed E-state index contributed by atoms with van der Waals surface area (Å²) in [5.74, 6) is 0.371. The molecule has 0 saturated carbocycles. The molecule has 0 fully saturated rings. The molecule has 1 N–H and O–H groups in total. The van der Waals surface area contributed by atoms with E-state index in [0.29, 0.717) is 35.6 Å². The van der Waals surface area contributed by atoms with Crippen molar-refractivity contribution in [3.8, 4) is 11.3 Å². The van der Waals surface area contributed by atoms with E-state index in [4.69, 9.17) is 16.3 Å². The van der Waals surface area contributed by atoms with Crippen molar-refractivity contribution in [1.82, 2.24) is 29.5 Å². The minimum Gasteiger partial charge on any atom is -0.360 e. The van der Waals surface area contributed by atoms with Gasteiger partial charge in [0, 0.05) is 46.2 Å². The summed E-state index contributed by atoms with van der Waals surface area (Å²) in [6.07, 6.45) is 6.88. The number of benzene rings is 1. The normalized spacial score (nSPS) is 11.4. The number of nitrogens with one attached hydrogen (secondary N) is 1. The van der Waals surface area contributed by atoms with Crippen molar-refractivity contribution >= 4 is 38.4 Å². The lowest BCUT2D eigenvalue weighted by atomic mass is 10.2. The van der Waals surface area contributed by atoms with E-state index < -0.39 is 4.92 Å². The Hall–Kier alpha value is -3.61. The van der Waals surface area contributed by atoms with Crippen LogP contribution in [0, 0.1) is 17.0 Å². The lowest BCUT2D eigenvalue weighted by Gasteiger charge is -2.06. The van der Waals surface area contributed by atoms with Crippen LogP contribution in [0.25, 0.3) is 11.3 Å². The van der Waals surface area contributed by atoms with E-state index >= 15 is 0 Å². The lowest BCUT2D eigenvalue weighted by molar-refractivity contribution is -0.384. The van der Waals surface area contributed by atoms with E-state index in [2.05, 4.69) is 32.0 Å². The first-order chi connectivity index (χ1) is 16.9. The highest BCUT2D eigenvalue weighted by molar-refractivity contribution is 6.33. The number of aromatic nitrogens is 6. The lowest BCUT2D eigenvalue weighted by Crippen LogP contribution is -2.05. The van der Waals surface area contributed by atoms with Gasteiger partial charge < -0.3 is 10.1 Å². The molecule has 0 saturated heterocycles. The summed E-state index contributed by atoms with van der Waals surface area (Å²) in [6, 6.07) is 7.51. The number of rotatable bonds is 11. The van der Waals surface area contributed by atoms with Crippen LogP contribution in [-0.2, 0) is 18.0 Å². The van der Waals surface area contributed by atoms with Crippen molar-refractivity contribution in [3.05, 3.63) is 75.4 Å². The Kier molecular flexibility index (Phi) is 7.85. The van der Waals surface area contributed by atoms with E-state index in [1.807, 2.05) is 13.1 Å². The van der Waals surface area contributed by atoms with Gasteiger partial charge in [0.05, 0.1) is 46.0 Å². The highest BCUT2D eigenvalue weighted by Crippen LogP contribution is 2.29. The van der Waals surface area contributed by atoms with Crippen LogP contribution in [0.15, 0.2) is 49.1 Å². The van der Waals surface area contributed by atoms with Crippen LogP contribution >= 0.6 is 11.6 Å². The van der Waals surface area contributed by atoms with E-state index in [1.54, 1.807) is 40.1 Å². The molecule has 3 aromatic heterocycles. The molecule has 11 nitrogen and oxygen atoms in total. The molecule has 4 rings (SSSR count). The molecule has 0 amide bonds. The van der Waals surface area contributed by atoms with Gasteiger partial charge in [-0.05, 0) is 18.5 Å². The van der Waals surface area contributed by atoms with Gasteiger partial charge >= 0.3 is 0 Å². The summed E-state index contributed by atoms with van der Waals surface area (Å²) in [4.78, 5) is 19.3. The van der Waals surface area contributed by atoms with Gasteiger partial charge in [-0.3, -0.25) is 14.8 Å². The molecule has 0 aliphatic rings. The number of nitrogens with zero attached hydrogens (tertiary/aromatic N) is 7. The standard InChI is InChI=1S/C22H25ClN8O3Si/c1-15-19(13-30(28-15)14-34-7-8-35-2)21-20(23)10-24-22(27-21)26-17-9-25-29(12-17)11-16-3-5-18(6-4-16)31(32)33/h3-6,9-10,12-13H,7-8,11,14,35H2,1-2H3,(H,24,26,27). The van der Waals surface area contributed by atoms with Crippen LogP contribution in [0.3, 0.4) is 0 Å². The first kappa shape index (κ1) is 24.5. The summed E-state index contributed by atoms with van der Waals surface area (Å²) < 4.78 is 9.14. The molecule has 3 heterocycles. The van der Waals surface area contributed by atoms with Crippen LogP contribution in [0.2, 0.25) is 17.6 Å². The van der Waals surface area contributed by atoms with Crippen molar-refractivity contribution in [1.29, 1.82) is 0 Å². The van der Waals surface area contributed by atoms with Crippen LogP contribution in [0.4, 0.5) is 17.3 Å². The first-order valence-corrected chi connectivity index (χ1v) is 13.9. The summed E-state index contributed by atoms with van der Waals surface area (Å²) in [5.41, 5.74) is 3.82. The van der Waals surface area contributed by atoms with Gasteiger partial charge in [0.2, 0.25) is 5.95 Å².